The first-order chi connectivity index (χ1) is 10.1. The molecular formula is C15H11NO4S. The van der Waals surface area contributed by atoms with E-state index in [-0.39, 0.29) is 17.9 Å². The predicted octanol–water partition coefficient (Wildman–Crippen LogP) is 2.14. The van der Waals surface area contributed by atoms with Crippen molar-refractivity contribution in [3.8, 4) is 11.3 Å². The molecule has 0 fully saturated rings. The van der Waals surface area contributed by atoms with Crippen LogP contribution in [0.15, 0.2) is 41.3 Å². The second-order valence-electron chi connectivity index (χ2n) is 4.65. The van der Waals surface area contributed by atoms with Crippen LogP contribution in [0.5, 0.6) is 0 Å². The summed E-state index contributed by atoms with van der Waals surface area (Å²) in [5, 5.41) is 8.97. The molecule has 0 aliphatic carbocycles. The zero-order chi connectivity index (χ0) is 15.0. The average Bonchev–Trinajstić information content (AvgIpc) is 2.51. The van der Waals surface area contributed by atoms with Crippen LogP contribution in [0.4, 0.5) is 0 Å². The van der Waals surface area contributed by atoms with E-state index in [2.05, 4.69) is 4.98 Å². The molecular weight excluding hydrogens is 290 g/mol. The van der Waals surface area contributed by atoms with Crippen LogP contribution >= 0.6 is 0 Å². The van der Waals surface area contributed by atoms with Crippen LogP contribution in [0.25, 0.3) is 11.3 Å². The molecule has 1 aromatic carbocycles. The van der Waals surface area contributed by atoms with Crippen LogP contribution in [0.3, 0.4) is 0 Å². The molecule has 0 radical (unpaired) electrons. The molecule has 0 amide bonds. The van der Waals surface area contributed by atoms with E-state index in [1.165, 1.54) is 6.07 Å². The number of pyridine rings is 1. The number of ketones is 1. The van der Waals surface area contributed by atoms with Gasteiger partial charge in [-0.2, -0.15) is 0 Å². The van der Waals surface area contributed by atoms with Crippen molar-refractivity contribution in [2.24, 2.45) is 0 Å². The van der Waals surface area contributed by atoms with Crippen molar-refractivity contribution in [3.05, 3.63) is 47.7 Å². The number of Topliss-reactive ketones (excluding diaryl/α,β-unsaturated/α-hetero) is 1. The molecule has 1 unspecified atom stereocenters. The number of fused-ring (bicyclic) bond motifs is 1. The van der Waals surface area contributed by atoms with Crippen LogP contribution < -0.4 is 0 Å². The van der Waals surface area contributed by atoms with Gasteiger partial charge in [0.15, 0.2) is 10.7 Å². The molecule has 1 aliphatic heterocycles. The summed E-state index contributed by atoms with van der Waals surface area (Å²) in [5.41, 5.74) is 1.51. The molecule has 1 N–H and O–H groups in total. The molecule has 0 bridgehead atoms. The third-order valence-electron chi connectivity index (χ3n) is 3.30. The van der Waals surface area contributed by atoms with Gasteiger partial charge in [0.05, 0.1) is 17.7 Å². The monoisotopic (exact) mass is 301 g/mol. The zero-order valence-electron chi connectivity index (χ0n) is 10.9. The molecule has 0 spiro atoms. The molecule has 1 aromatic heterocycles. The summed E-state index contributed by atoms with van der Waals surface area (Å²) in [6.45, 7) is 0. The largest absolute Gasteiger partial charge is 0.611 e. The Morgan fingerprint density at radius 1 is 1.29 bits per heavy atom. The third-order valence-corrected chi connectivity index (χ3v) is 4.73. The maximum Gasteiger partial charge on any atom is 0.354 e. The quantitative estimate of drug-likeness (QED) is 0.858. The Morgan fingerprint density at radius 3 is 2.86 bits per heavy atom. The van der Waals surface area contributed by atoms with E-state index in [1.54, 1.807) is 30.3 Å². The molecule has 1 atom stereocenters. The Hall–Kier alpha value is -2.18. The van der Waals surface area contributed by atoms with Crippen molar-refractivity contribution >= 4 is 22.9 Å². The molecule has 21 heavy (non-hydrogen) atoms. The summed E-state index contributed by atoms with van der Waals surface area (Å²) in [6.07, 6.45) is 0.270. The summed E-state index contributed by atoms with van der Waals surface area (Å²) in [6, 6.07) is 9.70. The third kappa shape index (κ3) is 2.55. The number of carboxylic acids is 1. The van der Waals surface area contributed by atoms with Gasteiger partial charge in [-0.25, -0.2) is 9.78 Å². The number of nitrogens with zero attached hydrogens (tertiary/aromatic N) is 1. The lowest BCUT2D eigenvalue weighted by atomic mass is 10.0. The van der Waals surface area contributed by atoms with Gasteiger partial charge < -0.3 is 9.66 Å². The fourth-order valence-electron chi connectivity index (χ4n) is 2.25. The van der Waals surface area contributed by atoms with Crippen LogP contribution in [0.2, 0.25) is 0 Å². The van der Waals surface area contributed by atoms with Gasteiger partial charge in [0.1, 0.15) is 11.4 Å². The topological polar surface area (TPSA) is 90.3 Å². The fourth-order valence-corrected chi connectivity index (χ4v) is 3.48. The van der Waals surface area contributed by atoms with Gasteiger partial charge in [0, 0.05) is 5.56 Å². The summed E-state index contributed by atoms with van der Waals surface area (Å²) in [4.78, 5) is 27.5. The smallest absolute Gasteiger partial charge is 0.354 e. The Bertz CT molecular complexity index is 744. The predicted molar refractivity (Wildman–Crippen MR) is 76.9 cm³/mol. The number of carboxylic acid groups (broad SMARTS) is 1. The van der Waals surface area contributed by atoms with Crippen molar-refractivity contribution < 1.29 is 19.2 Å². The van der Waals surface area contributed by atoms with Crippen molar-refractivity contribution in [2.45, 2.75) is 11.3 Å². The van der Waals surface area contributed by atoms with Crippen LogP contribution in [0, 0.1) is 0 Å². The summed E-state index contributed by atoms with van der Waals surface area (Å²) >= 11 is -1.15. The number of rotatable bonds is 2. The molecule has 2 heterocycles. The highest BCUT2D eigenvalue weighted by molar-refractivity contribution is 7.91. The van der Waals surface area contributed by atoms with Gasteiger partial charge in [-0.3, -0.25) is 4.79 Å². The Balaban J connectivity index is 2.08. The van der Waals surface area contributed by atoms with E-state index >= 15 is 0 Å². The van der Waals surface area contributed by atoms with Crippen molar-refractivity contribution in [1.29, 1.82) is 0 Å². The van der Waals surface area contributed by atoms with E-state index in [0.29, 0.717) is 27.5 Å². The first kappa shape index (κ1) is 13.8. The number of hydrogen-bond acceptors (Lipinski definition) is 4. The van der Waals surface area contributed by atoms with E-state index in [9.17, 15) is 14.1 Å². The van der Waals surface area contributed by atoms with Gasteiger partial charge in [0.2, 0.25) is 0 Å². The number of carbonyl (C=O) groups is 2. The number of carbonyl (C=O) groups excluding carboxylic acids is 1. The van der Waals surface area contributed by atoms with Crippen molar-refractivity contribution in [2.75, 3.05) is 5.75 Å². The molecule has 6 heteroatoms. The molecule has 106 valence electrons. The molecule has 1 aliphatic rings. The number of aromatic carboxylic acids is 1. The highest BCUT2D eigenvalue weighted by Crippen LogP contribution is 2.29. The number of hydrogen-bond donors (Lipinski definition) is 1. The number of benzene rings is 1. The second-order valence-corrected chi connectivity index (χ2v) is 6.19. The van der Waals surface area contributed by atoms with Crippen molar-refractivity contribution in [3.63, 3.8) is 0 Å². The minimum Gasteiger partial charge on any atom is -0.611 e. The highest BCUT2D eigenvalue weighted by Gasteiger charge is 2.28. The SMILES string of the molecule is O=C(O)c1cccc(-c2ccc3c(c2)C(=O)CC[S+]3[O-])n1. The summed E-state index contributed by atoms with van der Waals surface area (Å²) in [7, 11) is 0. The van der Waals surface area contributed by atoms with Gasteiger partial charge >= 0.3 is 5.97 Å². The lowest BCUT2D eigenvalue weighted by Crippen LogP contribution is -2.21. The van der Waals surface area contributed by atoms with Crippen LogP contribution in [-0.4, -0.2) is 32.1 Å². The lowest BCUT2D eigenvalue weighted by Gasteiger charge is -2.18. The Morgan fingerprint density at radius 2 is 2.10 bits per heavy atom. The molecule has 2 aromatic rings. The normalized spacial score (nSPS) is 17.4. The van der Waals surface area contributed by atoms with Gasteiger partial charge in [-0.15, -0.1) is 0 Å². The zero-order valence-corrected chi connectivity index (χ0v) is 11.7. The van der Waals surface area contributed by atoms with Crippen LogP contribution in [-0.2, 0) is 11.2 Å². The van der Waals surface area contributed by atoms with Gasteiger partial charge in [0.25, 0.3) is 0 Å². The first-order valence-corrected chi connectivity index (χ1v) is 7.64. The first-order valence-electron chi connectivity index (χ1n) is 6.32. The van der Waals surface area contributed by atoms with Crippen LogP contribution in [0.1, 0.15) is 27.3 Å². The molecule has 5 nitrogen and oxygen atoms in total. The minimum absolute atomic E-state index is 0.0409. The average molecular weight is 301 g/mol. The maximum atomic E-state index is 11.9. The second kappa shape index (κ2) is 5.31. The number of aromatic nitrogens is 1. The van der Waals surface area contributed by atoms with E-state index in [4.69, 9.17) is 5.11 Å². The Kier molecular flexibility index (Phi) is 3.48. The molecule has 0 saturated heterocycles. The van der Waals surface area contributed by atoms with E-state index in [1.807, 2.05) is 0 Å². The van der Waals surface area contributed by atoms with Crippen molar-refractivity contribution in [1.82, 2.24) is 4.98 Å². The molecule has 0 saturated carbocycles. The lowest BCUT2D eigenvalue weighted by molar-refractivity contribution is 0.0690. The summed E-state index contributed by atoms with van der Waals surface area (Å²) < 4.78 is 11.9. The fraction of sp³-hybridized carbons (Fsp3) is 0.133. The van der Waals surface area contributed by atoms with E-state index in [0.717, 1.165) is 0 Å². The summed E-state index contributed by atoms with van der Waals surface area (Å²) in [5.74, 6) is -0.786. The standard InChI is InChI=1S/C15H11NO4S/c17-13-6-7-21(20)14-5-4-9(8-10(13)14)11-2-1-3-12(16-11)15(18)19/h1-5,8H,6-7H2,(H,18,19). The highest BCUT2D eigenvalue weighted by atomic mass is 32.2. The van der Waals surface area contributed by atoms with Gasteiger partial charge in [-0.05, 0) is 41.5 Å². The molecule has 3 rings (SSSR count). The Labute approximate surface area is 123 Å². The van der Waals surface area contributed by atoms with Gasteiger partial charge in [-0.1, -0.05) is 6.07 Å². The van der Waals surface area contributed by atoms with E-state index < -0.39 is 17.1 Å². The maximum absolute atomic E-state index is 11.9. The minimum atomic E-state index is -1.15.